The van der Waals surface area contributed by atoms with Crippen molar-refractivity contribution >= 4 is 44.1 Å². The van der Waals surface area contributed by atoms with Crippen LogP contribution in [-0.4, -0.2) is 48.8 Å². The normalized spacial score (nSPS) is 16.4. The molecular weight excluding hydrogens is 612 g/mol. The number of alkyl halides is 3. The molecule has 1 fully saturated rings. The topological polar surface area (TPSA) is 114 Å². The highest BCUT2D eigenvalue weighted by atomic mass is 32.2. The molecule has 1 aromatic carbocycles. The minimum atomic E-state index is -4.37. The van der Waals surface area contributed by atoms with Crippen LogP contribution in [0.1, 0.15) is 71.4 Å². The van der Waals surface area contributed by atoms with Gasteiger partial charge in [0.25, 0.3) is 0 Å². The summed E-state index contributed by atoms with van der Waals surface area (Å²) in [4.78, 5) is 27.1. The predicted molar refractivity (Wildman–Crippen MR) is 168 cm³/mol. The molecule has 0 aliphatic heterocycles. The first-order valence-electron chi connectivity index (χ1n) is 14.7. The summed E-state index contributed by atoms with van der Waals surface area (Å²) < 4.78 is 48.4. The van der Waals surface area contributed by atoms with Crippen LogP contribution in [0.2, 0.25) is 0 Å². The number of rotatable bonds is 10. The van der Waals surface area contributed by atoms with E-state index in [2.05, 4.69) is 19.8 Å². The molecule has 0 saturated heterocycles. The van der Waals surface area contributed by atoms with Gasteiger partial charge in [-0.2, -0.15) is 18.2 Å². The molecule has 1 aliphatic rings. The zero-order chi connectivity index (χ0) is 31.6. The summed E-state index contributed by atoms with van der Waals surface area (Å²) in [6.07, 6.45) is 5.76. The molecule has 2 N–H and O–H groups in total. The molecule has 1 unspecified atom stereocenters. The molecule has 0 bridgehead atoms. The van der Waals surface area contributed by atoms with E-state index >= 15 is 0 Å². The molecule has 1 saturated carbocycles. The maximum Gasteiger partial charge on any atom is 0.404 e. The van der Waals surface area contributed by atoms with Crippen LogP contribution in [0.4, 0.5) is 13.2 Å². The van der Waals surface area contributed by atoms with Crippen LogP contribution in [0.3, 0.4) is 0 Å². The number of thiazole rings is 1. The molecule has 1 aliphatic carbocycles. The Kier molecular flexibility index (Phi) is 9.57. The number of nitrogens with zero attached hydrogens (tertiary/aromatic N) is 4. The minimum Gasteiger partial charge on any atom is -0.481 e. The average molecular weight is 648 g/mol. The molecule has 236 valence electrons. The van der Waals surface area contributed by atoms with Crippen LogP contribution < -0.4 is 4.72 Å². The van der Waals surface area contributed by atoms with Crippen molar-refractivity contribution in [2.45, 2.75) is 89.8 Å². The predicted octanol–water partition coefficient (Wildman–Crippen LogP) is 8.09. The number of aliphatic carboxylic acids is 1. The van der Waals surface area contributed by atoms with Crippen molar-refractivity contribution in [2.75, 3.05) is 0 Å². The number of halogens is 3. The van der Waals surface area contributed by atoms with Crippen molar-refractivity contribution in [3.8, 4) is 21.3 Å². The maximum absolute atomic E-state index is 13.4. The van der Waals surface area contributed by atoms with E-state index in [-0.39, 0.29) is 12.3 Å². The number of fused-ring (bicyclic) bond motifs is 1. The lowest BCUT2D eigenvalue weighted by Gasteiger charge is -2.22. The molecule has 0 spiro atoms. The van der Waals surface area contributed by atoms with E-state index < -0.39 is 34.3 Å². The second-order valence-corrected chi connectivity index (χ2v) is 14.7. The van der Waals surface area contributed by atoms with Gasteiger partial charge in [0.2, 0.25) is 11.7 Å². The van der Waals surface area contributed by atoms with E-state index in [4.69, 9.17) is 9.51 Å². The van der Waals surface area contributed by atoms with Gasteiger partial charge in [0.05, 0.1) is 16.0 Å². The number of hydrogen-bond donors (Lipinski definition) is 2. The molecule has 13 heteroatoms. The SMILES string of the molecule is C/C=S(/N[C@@H](C)C(F)(F)F)c1ccc(-c2sc(-c3noc(CC(C)(C)C(=O)O)n3)nc2CC2CCCCC2)c2ccncc12. The first kappa shape index (κ1) is 32.2. The summed E-state index contributed by atoms with van der Waals surface area (Å²) in [7, 11) is -0.977. The fraction of sp³-hybridized carbons (Fsp3) is 0.484. The smallest absolute Gasteiger partial charge is 0.404 e. The Morgan fingerprint density at radius 1 is 1.18 bits per heavy atom. The minimum absolute atomic E-state index is 0.0823. The van der Waals surface area contributed by atoms with Gasteiger partial charge in [-0.05, 0) is 62.9 Å². The molecule has 44 heavy (non-hydrogen) atoms. The third kappa shape index (κ3) is 7.05. The fourth-order valence-corrected chi connectivity index (χ4v) is 8.10. The van der Waals surface area contributed by atoms with Crippen LogP contribution in [0, 0.1) is 11.3 Å². The Bertz CT molecular complexity index is 1680. The molecule has 3 heterocycles. The van der Waals surface area contributed by atoms with Gasteiger partial charge in [0, 0.05) is 34.7 Å². The Morgan fingerprint density at radius 2 is 1.93 bits per heavy atom. The third-order valence-corrected chi connectivity index (χ3v) is 11.1. The Hall–Kier alpha value is -3.16. The second kappa shape index (κ2) is 13.1. The Balaban J connectivity index is 1.57. The maximum atomic E-state index is 13.4. The summed E-state index contributed by atoms with van der Waals surface area (Å²) in [6.45, 7) is 6.09. The van der Waals surface area contributed by atoms with Crippen LogP contribution in [0.15, 0.2) is 40.0 Å². The number of aromatic nitrogens is 4. The third-order valence-electron chi connectivity index (χ3n) is 8.03. The van der Waals surface area contributed by atoms with E-state index in [1.165, 1.54) is 30.6 Å². The molecule has 2 atom stereocenters. The van der Waals surface area contributed by atoms with E-state index in [0.717, 1.165) is 58.0 Å². The monoisotopic (exact) mass is 647 g/mol. The first-order valence-corrected chi connectivity index (χ1v) is 16.8. The summed E-state index contributed by atoms with van der Waals surface area (Å²) in [5, 5.41) is 17.6. The van der Waals surface area contributed by atoms with Gasteiger partial charge in [-0.25, -0.2) is 4.98 Å². The van der Waals surface area contributed by atoms with Crippen molar-refractivity contribution < 1.29 is 27.6 Å². The number of nitrogens with one attached hydrogen (secondary N) is 1. The van der Waals surface area contributed by atoms with Crippen molar-refractivity contribution in [2.24, 2.45) is 11.3 Å². The molecule has 3 aromatic heterocycles. The van der Waals surface area contributed by atoms with Crippen LogP contribution >= 0.6 is 22.0 Å². The highest BCUT2D eigenvalue weighted by Gasteiger charge is 2.36. The molecular formula is C31H36F3N5O3S2. The molecule has 5 rings (SSSR count). The zero-order valence-corrected chi connectivity index (χ0v) is 26.7. The van der Waals surface area contributed by atoms with Crippen molar-refractivity contribution in [3.05, 3.63) is 42.2 Å². The number of carboxylic acid groups (broad SMARTS) is 1. The van der Waals surface area contributed by atoms with Crippen LogP contribution in [0.5, 0.6) is 0 Å². The van der Waals surface area contributed by atoms with Crippen LogP contribution in [-0.2, 0) is 17.6 Å². The van der Waals surface area contributed by atoms with Crippen molar-refractivity contribution in [3.63, 3.8) is 0 Å². The Morgan fingerprint density at radius 3 is 2.61 bits per heavy atom. The number of carbonyl (C=O) groups is 1. The summed E-state index contributed by atoms with van der Waals surface area (Å²) in [6, 6.07) is 4.05. The fourth-order valence-electron chi connectivity index (χ4n) is 5.40. The molecule has 8 nitrogen and oxygen atoms in total. The molecule has 4 aromatic rings. The number of benzene rings is 1. The molecule has 0 radical (unpaired) electrons. The summed E-state index contributed by atoms with van der Waals surface area (Å²) in [5.74, 6) is 0.0649. The van der Waals surface area contributed by atoms with E-state index in [0.29, 0.717) is 16.7 Å². The van der Waals surface area contributed by atoms with Gasteiger partial charge in [0.15, 0.2) is 5.01 Å². The van der Waals surface area contributed by atoms with E-state index in [9.17, 15) is 23.1 Å². The summed E-state index contributed by atoms with van der Waals surface area (Å²) in [5.41, 5.74) is 0.768. The lowest BCUT2D eigenvalue weighted by atomic mass is 9.85. The number of pyridine rings is 1. The van der Waals surface area contributed by atoms with Gasteiger partial charge < -0.3 is 9.63 Å². The standard InChI is InChI=1S/C31H36F3N5O3S2/c1-5-44(39-18(2)31(32,33)34)24-12-11-21(20-13-14-35-17-22(20)24)26-23(15-19-9-7-6-8-10-19)36-28(43-26)27-37-25(42-38-27)16-30(3,4)29(40)41/h5,11-14,17-19,39H,6-10,15-16H2,1-4H3,(H,40,41)/t18-,44?/m0/s1. The lowest BCUT2D eigenvalue weighted by molar-refractivity contribution is -0.147. The largest absolute Gasteiger partial charge is 0.481 e. The number of hydrogen-bond acceptors (Lipinski definition) is 8. The van der Waals surface area contributed by atoms with Gasteiger partial charge >= 0.3 is 12.1 Å². The summed E-state index contributed by atoms with van der Waals surface area (Å²) >= 11 is 1.44. The quantitative estimate of drug-likeness (QED) is 0.166. The molecule has 0 amide bonds. The first-order chi connectivity index (χ1) is 20.9. The van der Waals surface area contributed by atoms with E-state index in [1.54, 1.807) is 38.5 Å². The van der Waals surface area contributed by atoms with E-state index in [1.807, 2.05) is 18.2 Å². The van der Waals surface area contributed by atoms with Crippen LogP contribution in [0.25, 0.3) is 32.0 Å². The van der Waals surface area contributed by atoms with Crippen molar-refractivity contribution in [1.29, 1.82) is 0 Å². The lowest BCUT2D eigenvalue weighted by Crippen LogP contribution is -2.36. The van der Waals surface area contributed by atoms with Gasteiger partial charge in [0.1, 0.15) is 6.04 Å². The Labute approximate surface area is 260 Å². The highest BCUT2D eigenvalue weighted by Crippen LogP contribution is 2.43. The average Bonchev–Trinajstić information content (AvgIpc) is 3.62. The zero-order valence-electron chi connectivity index (χ0n) is 25.1. The van der Waals surface area contributed by atoms with Gasteiger partial charge in [-0.15, -0.1) is 11.3 Å². The van der Waals surface area contributed by atoms with Crippen molar-refractivity contribution in [1.82, 2.24) is 24.8 Å². The highest BCUT2D eigenvalue weighted by molar-refractivity contribution is 8.13. The second-order valence-electron chi connectivity index (χ2n) is 11.9. The van der Waals surface area contributed by atoms with Gasteiger partial charge in [-0.1, -0.05) is 54.0 Å². The number of carboxylic acids is 1. The van der Waals surface area contributed by atoms with Gasteiger partial charge in [-0.3, -0.25) is 14.5 Å².